The van der Waals surface area contributed by atoms with Crippen molar-refractivity contribution in [1.82, 2.24) is 3.89 Å². The second-order valence-electron chi connectivity index (χ2n) is 6.19. The Bertz CT molecular complexity index is 983. The molecule has 0 saturated heterocycles. The van der Waals surface area contributed by atoms with Gasteiger partial charge in [-0.1, -0.05) is 48.0 Å². The van der Waals surface area contributed by atoms with Crippen molar-refractivity contribution in [2.24, 2.45) is 5.73 Å². The minimum absolute atomic E-state index is 0.0332. The molecule has 0 amide bonds. The Balaban J connectivity index is 2.22. The third-order valence-electron chi connectivity index (χ3n) is 4.65. The smallest absolute Gasteiger partial charge is 0.306 e. The van der Waals surface area contributed by atoms with Crippen LogP contribution in [-0.4, -0.2) is 27.3 Å². The molecule has 0 fully saturated rings. The van der Waals surface area contributed by atoms with Crippen LogP contribution in [-0.2, 0) is 10.0 Å². The Kier molecular flexibility index (Phi) is 5.34. The molecule has 1 heterocycles. The average Bonchev–Trinajstić information content (AvgIpc) is 2.68. The van der Waals surface area contributed by atoms with E-state index in [-0.39, 0.29) is 9.64 Å². The van der Waals surface area contributed by atoms with Crippen LogP contribution in [0.15, 0.2) is 72.5 Å². The molecule has 0 saturated carbocycles. The van der Waals surface area contributed by atoms with Gasteiger partial charge in [-0.05, 0) is 24.6 Å². The van der Waals surface area contributed by atoms with E-state index in [0.717, 1.165) is 16.7 Å². The van der Waals surface area contributed by atoms with E-state index in [1.165, 1.54) is 0 Å². The molecular weight excluding hydrogens is 368 g/mol. The first-order valence-corrected chi connectivity index (χ1v) is 10.5. The van der Waals surface area contributed by atoms with Gasteiger partial charge in [0, 0.05) is 34.8 Å². The van der Waals surface area contributed by atoms with E-state index in [1.807, 2.05) is 60.7 Å². The standard InChI is InChI=1S/C20H22ClN2O2S/c1-2-26(24,25)23(12-6-7-16(14-22)15-23)18-9-5-8-17(13-18)19-10-3-4-11-20(19)21/h3-11,13,15H,2,12,14,22H2,1H3/q+1. The normalized spacial score (nSPS) is 20.0. The van der Waals surface area contributed by atoms with Crippen molar-refractivity contribution in [1.29, 1.82) is 0 Å². The Morgan fingerprint density at radius 1 is 1.15 bits per heavy atom. The predicted molar refractivity (Wildman–Crippen MR) is 109 cm³/mol. The van der Waals surface area contributed by atoms with Crippen LogP contribution in [0.25, 0.3) is 11.1 Å². The Labute approximate surface area is 159 Å². The average molecular weight is 390 g/mol. The van der Waals surface area contributed by atoms with Crippen LogP contribution >= 0.6 is 11.6 Å². The summed E-state index contributed by atoms with van der Waals surface area (Å²) in [4.78, 5) is 0. The van der Waals surface area contributed by atoms with Gasteiger partial charge in [0.05, 0.1) is 5.75 Å². The Hall–Kier alpha value is -1.92. The lowest BCUT2D eigenvalue weighted by molar-refractivity contribution is 0.511. The molecule has 1 atom stereocenters. The molecule has 0 aromatic heterocycles. The van der Waals surface area contributed by atoms with Crippen molar-refractivity contribution in [3.8, 4) is 11.1 Å². The zero-order chi connectivity index (χ0) is 18.8. The van der Waals surface area contributed by atoms with Crippen molar-refractivity contribution in [2.75, 3.05) is 18.8 Å². The van der Waals surface area contributed by atoms with E-state index >= 15 is 0 Å². The molecule has 1 aliphatic rings. The van der Waals surface area contributed by atoms with Crippen molar-refractivity contribution >= 4 is 27.3 Å². The fourth-order valence-electron chi connectivity index (χ4n) is 3.21. The quantitative estimate of drug-likeness (QED) is 0.784. The molecule has 1 aliphatic heterocycles. The number of halogens is 1. The van der Waals surface area contributed by atoms with E-state index in [0.29, 0.717) is 23.8 Å². The lowest BCUT2D eigenvalue weighted by atomic mass is 10.0. The molecule has 0 aliphatic carbocycles. The van der Waals surface area contributed by atoms with Crippen molar-refractivity contribution in [2.45, 2.75) is 6.92 Å². The fraction of sp³-hybridized carbons (Fsp3) is 0.200. The highest BCUT2D eigenvalue weighted by atomic mass is 35.5. The molecule has 136 valence electrons. The van der Waals surface area contributed by atoms with Crippen LogP contribution in [0.1, 0.15) is 6.92 Å². The van der Waals surface area contributed by atoms with Gasteiger partial charge in [0.25, 0.3) is 0 Å². The third-order valence-corrected chi connectivity index (χ3v) is 7.17. The lowest BCUT2D eigenvalue weighted by Gasteiger charge is -2.34. The summed E-state index contributed by atoms with van der Waals surface area (Å²) in [5.41, 5.74) is 9.03. The summed E-state index contributed by atoms with van der Waals surface area (Å²) in [6.07, 6.45) is 5.52. The predicted octanol–water partition coefficient (Wildman–Crippen LogP) is 4.08. The van der Waals surface area contributed by atoms with Crippen LogP contribution < -0.4 is 9.62 Å². The number of nitrogens with two attached hydrogens (primary N) is 1. The molecule has 2 N–H and O–H groups in total. The molecule has 4 nitrogen and oxygen atoms in total. The largest absolute Gasteiger partial charge is 0.326 e. The molecule has 2 aromatic rings. The number of quaternary nitrogens is 1. The summed E-state index contributed by atoms with van der Waals surface area (Å²) >= 11 is 6.33. The van der Waals surface area contributed by atoms with Crippen LogP contribution in [0.2, 0.25) is 5.02 Å². The van der Waals surface area contributed by atoms with Gasteiger partial charge in [0.2, 0.25) is 0 Å². The minimum Gasteiger partial charge on any atom is -0.326 e. The highest BCUT2D eigenvalue weighted by molar-refractivity contribution is 7.91. The minimum atomic E-state index is -3.47. The fourth-order valence-corrected chi connectivity index (χ4v) is 4.96. The van der Waals surface area contributed by atoms with Crippen LogP contribution in [0.3, 0.4) is 0 Å². The Morgan fingerprint density at radius 2 is 1.92 bits per heavy atom. The van der Waals surface area contributed by atoms with Gasteiger partial charge in [-0.2, -0.15) is 12.3 Å². The van der Waals surface area contributed by atoms with Crippen molar-refractivity contribution in [3.05, 3.63) is 77.5 Å². The van der Waals surface area contributed by atoms with E-state index in [9.17, 15) is 8.42 Å². The van der Waals surface area contributed by atoms with Crippen LogP contribution in [0.4, 0.5) is 5.69 Å². The number of hydrogen-bond donors (Lipinski definition) is 1. The molecular formula is C20H22ClN2O2S+. The zero-order valence-corrected chi connectivity index (χ0v) is 16.2. The van der Waals surface area contributed by atoms with Crippen molar-refractivity contribution < 1.29 is 8.42 Å². The summed E-state index contributed by atoms with van der Waals surface area (Å²) in [5.74, 6) is 0.0332. The summed E-state index contributed by atoms with van der Waals surface area (Å²) in [7, 11) is -3.47. The molecule has 6 heteroatoms. The number of hydrogen-bond acceptors (Lipinski definition) is 3. The summed E-state index contributed by atoms with van der Waals surface area (Å²) < 4.78 is 25.9. The molecule has 0 radical (unpaired) electrons. The number of nitrogens with zero attached hydrogens (tertiary/aromatic N) is 1. The van der Waals surface area contributed by atoms with Gasteiger partial charge in [-0.25, -0.2) is 0 Å². The lowest BCUT2D eigenvalue weighted by Crippen LogP contribution is -2.51. The molecule has 1 unspecified atom stereocenters. The molecule has 3 rings (SSSR count). The topological polar surface area (TPSA) is 60.2 Å². The zero-order valence-electron chi connectivity index (χ0n) is 14.6. The second kappa shape index (κ2) is 7.37. The van der Waals surface area contributed by atoms with E-state index in [1.54, 1.807) is 13.1 Å². The Morgan fingerprint density at radius 3 is 2.62 bits per heavy atom. The van der Waals surface area contributed by atoms with E-state index < -0.39 is 10.0 Å². The number of sulfonamides is 1. The van der Waals surface area contributed by atoms with Gasteiger partial charge >= 0.3 is 10.0 Å². The van der Waals surface area contributed by atoms with Crippen LogP contribution in [0.5, 0.6) is 0 Å². The maximum absolute atomic E-state index is 13.1. The summed E-state index contributed by atoms with van der Waals surface area (Å²) in [6.45, 7) is 2.30. The highest BCUT2D eigenvalue weighted by Crippen LogP contribution is 2.36. The summed E-state index contributed by atoms with van der Waals surface area (Å²) in [5, 5.41) is 0.631. The van der Waals surface area contributed by atoms with Gasteiger partial charge < -0.3 is 5.73 Å². The third kappa shape index (κ3) is 3.23. The van der Waals surface area contributed by atoms with Gasteiger partial charge in [0.15, 0.2) is 5.69 Å². The van der Waals surface area contributed by atoms with Crippen molar-refractivity contribution in [3.63, 3.8) is 0 Å². The highest BCUT2D eigenvalue weighted by Gasteiger charge is 2.42. The number of rotatable bonds is 5. The van der Waals surface area contributed by atoms with Crippen LogP contribution in [0, 0.1) is 0 Å². The first-order valence-electron chi connectivity index (χ1n) is 8.48. The maximum atomic E-state index is 13.1. The molecule has 26 heavy (non-hydrogen) atoms. The first-order chi connectivity index (χ1) is 12.4. The molecule has 2 aromatic carbocycles. The molecule has 0 bridgehead atoms. The SMILES string of the molecule is CCS(=O)(=O)[N+]1(c2cccc(-c3ccccc3Cl)c2)C=C(CN)C=CC1. The van der Waals surface area contributed by atoms with Gasteiger partial charge in [0.1, 0.15) is 12.7 Å². The first kappa shape index (κ1) is 18.9. The van der Waals surface area contributed by atoms with E-state index in [2.05, 4.69) is 0 Å². The summed E-state index contributed by atoms with van der Waals surface area (Å²) in [6, 6.07) is 15.1. The van der Waals surface area contributed by atoms with Gasteiger partial charge in [-0.3, -0.25) is 0 Å². The second-order valence-corrected chi connectivity index (χ2v) is 8.99. The van der Waals surface area contributed by atoms with E-state index in [4.69, 9.17) is 17.3 Å². The number of benzene rings is 2. The maximum Gasteiger partial charge on any atom is 0.306 e. The molecule has 0 spiro atoms. The van der Waals surface area contributed by atoms with Gasteiger partial charge in [-0.15, -0.1) is 0 Å². The monoisotopic (exact) mass is 389 g/mol.